The van der Waals surface area contributed by atoms with Crippen LogP contribution in [-0.4, -0.2) is 0 Å². The topological polar surface area (TPSA) is 36.9 Å². The third-order valence-corrected chi connectivity index (χ3v) is 4.90. The summed E-state index contributed by atoms with van der Waals surface area (Å²) in [7, 11) is 0. The molecule has 0 saturated carbocycles. The summed E-state index contributed by atoms with van der Waals surface area (Å²) in [4.78, 5) is 0. The van der Waals surface area contributed by atoms with Crippen molar-refractivity contribution < 1.29 is 18.9 Å². The van der Waals surface area contributed by atoms with Gasteiger partial charge >= 0.3 is 0 Å². The zero-order chi connectivity index (χ0) is 23.0. The molecule has 0 saturated heterocycles. The van der Waals surface area contributed by atoms with Gasteiger partial charge in [0.1, 0.15) is 23.0 Å². The molecule has 0 bridgehead atoms. The summed E-state index contributed by atoms with van der Waals surface area (Å²) in [6.07, 6.45) is 0. The van der Waals surface area contributed by atoms with Crippen molar-refractivity contribution in [1.82, 2.24) is 0 Å². The number of rotatable bonds is 8. The van der Waals surface area contributed by atoms with E-state index in [9.17, 15) is 0 Å². The molecular formula is C30H22O4. The van der Waals surface area contributed by atoms with Gasteiger partial charge in [-0.1, -0.05) is 66.7 Å². The molecule has 0 N–H and O–H groups in total. The van der Waals surface area contributed by atoms with E-state index in [4.69, 9.17) is 18.9 Å². The quantitative estimate of drug-likeness (QED) is 0.238. The van der Waals surface area contributed by atoms with Crippen LogP contribution < -0.4 is 18.9 Å². The Morgan fingerprint density at radius 2 is 0.559 bits per heavy atom. The molecule has 5 aromatic rings. The van der Waals surface area contributed by atoms with Gasteiger partial charge in [0.15, 0.2) is 23.0 Å². The van der Waals surface area contributed by atoms with Gasteiger partial charge in [0.25, 0.3) is 0 Å². The molecule has 5 rings (SSSR count). The highest BCUT2D eigenvalue weighted by Crippen LogP contribution is 2.38. The lowest BCUT2D eigenvalue weighted by atomic mass is 10.3. The van der Waals surface area contributed by atoms with Gasteiger partial charge in [-0.2, -0.15) is 0 Å². The Morgan fingerprint density at radius 3 is 0.941 bits per heavy atom. The van der Waals surface area contributed by atoms with Crippen LogP contribution in [0.3, 0.4) is 0 Å². The second-order valence-corrected chi connectivity index (χ2v) is 7.40. The van der Waals surface area contributed by atoms with Crippen LogP contribution in [0.4, 0.5) is 0 Å². The molecule has 0 unspecified atom stereocenters. The molecule has 34 heavy (non-hydrogen) atoms. The van der Waals surface area contributed by atoms with E-state index in [0.29, 0.717) is 34.5 Å². The minimum Gasteiger partial charge on any atom is -0.453 e. The lowest BCUT2D eigenvalue weighted by Gasteiger charge is -2.14. The summed E-state index contributed by atoms with van der Waals surface area (Å²) in [6.45, 7) is 0. The molecule has 0 fully saturated rings. The molecule has 166 valence electrons. The van der Waals surface area contributed by atoms with Crippen LogP contribution in [0.2, 0.25) is 0 Å². The smallest absolute Gasteiger partial charge is 0.169 e. The number of para-hydroxylation sites is 6. The summed E-state index contributed by atoms with van der Waals surface area (Å²) in [5.74, 6) is 5.21. The molecule has 4 heteroatoms. The molecular weight excluding hydrogens is 424 g/mol. The van der Waals surface area contributed by atoms with Crippen LogP contribution in [0, 0.1) is 0 Å². The van der Waals surface area contributed by atoms with Gasteiger partial charge in [-0.05, 0) is 60.7 Å². The van der Waals surface area contributed by atoms with E-state index in [0.717, 1.165) is 11.5 Å². The summed E-state index contributed by atoms with van der Waals surface area (Å²) in [5, 5.41) is 0. The first-order chi connectivity index (χ1) is 16.8. The number of hydrogen-bond donors (Lipinski definition) is 0. The lowest BCUT2D eigenvalue weighted by Crippen LogP contribution is -1.92. The maximum absolute atomic E-state index is 6.15. The third kappa shape index (κ3) is 5.37. The average Bonchev–Trinajstić information content (AvgIpc) is 2.88. The van der Waals surface area contributed by atoms with Gasteiger partial charge in [-0.25, -0.2) is 0 Å². The minimum atomic E-state index is 0.608. The van der Waals surface area contributed by atoms with Crippen LogP contribution in [0.1, 0.15) is 0 Å². The normalized spacial score (nSPS) is 10.4. The predicted octanol–water partition coefficient (Wildman–Crippen LogP) is 8.86. The fourth-order valence-corrected chi connectivity index (χ4v) is 3.32. The van der Waals surface area contributed by atoms with Crippen molar-refractivity contribution >= 4 is 0 Å². The summed E-state index contributed by atoms with van der Waals surface area (Å²) in [5.41, 5.74) is 0. The van der Waals surface area contributed by atoms with Gasteiger partial charge in [-0.15, -0.1) is 0 Å². The number of hydrogen-bond acceptors (Lipinski definition) is 4. The van der Waals surface area contributed by atoms with Crippen molar-refractivity contribution in [2.45, 2.75) is 0 Å². The second-order valence-electron chi connectivity index (χ2n) is 7.40. The summed E-state index contributed by atoms with van der Waals surface area (Å²) in [6, 6.07) is 41.8. The molecule has 0 spiro atoms. The Bertz CT molecular complexity index is 1250. The maximum Gasteiger partial charge on any atom is 0.169 e. The second kappa shape index (κ2) is 10.3. The van der Waals surface area contributed by atoms with E-state index in [1.807, 2.05) is 133 Å². The van der Waals surface area contributed by atoms with Crippen molar-refractivity contribution in [3.63, 3.8) is 0 Å². The standard InChI is InChI=1S/C30H22O4/c1-3-12-23(13-4-1)31-27-18-7-9-20-29(27)33-25-16-11-17-26(22-25)34-30-21-10-8-19-28(30)32-24-14-5-2-6-15-24/h1-22H. The van der Waals surface area contributed by atoms with Gasteiger partial charge in [-0.3, -0.25) is 0 Å². The first-order valence-corrected chi connectivity index (χ1v) is 10.9. The highest BCUT2D eigenvalue weighted by Gasteiger charge is 2.10. The van der Waals surface area contributed by atoms with Crippen molar-refractivity contribution in [3.8, 4) is 46.0 Å². The number of ether oxygens (including phenoxy) is 4. The van der Waals surface area contributed by atoms with Crippen LogP contribution in [0.15, 0.2) is 133 Å². The molecule has 0 aliphatic rings. The van der Waals surface area contributed by atoms with Crippen molar-refractivity contribution in [3.05, 3.63) is 133 Å². The molecule has 0 aliphatic heterocycles. The molecule has 0 aliphatic carbocycles. The fourth-order valence-electron chi connectivity index (χ4n) is 3.32. The van der Waals surface area contributed by atoms with Crippen molar-refractivity contribution in [2.75, 3.05) is 0 Å². The van der Waals surface area contributed by atoms with Crippen LogP contribution in [0.25, 0.3) is 0 Å². The highest BCUT2D eigenvalue weighted by atomic mass is 16.5. The van der Waals surface area contributed by atoms with Crippen LogP contribution in [0.5, 0.6) is 46.0 Å². The van der Waals surface area contributed by atoms with Crippen LogP contribution >= 0.6 is 0 Å². The maximum atomic E-state index is 6.15. The van der Waals surface area contributed by atoms with E-state index in [1.54, 1.807) is 0 Å². The third-order valence-electron chi connectivity index (χ3n) is 4.90. The minimum absolute atomic E-state index is 0.608. The first kappa shape index (κ1) is 21.2. The molecule has 4 nitrogen and oxygen atoms in total. The Morgan fingerprint density at radius 1 is 0.265 bits per heavy atom. The fraction of sp³-hybridized carbons (Fsp3) is 0. The highest BCUT2D eigenvalue weighted by molar-refractivity contribution is 5.48. The Hall–Kier alpha value is -4.70. The van der Waals surface area contributed by atoms with Gasteiger partial charge < -0.3 is 18.9 Å². The molecule has 0 aromatic heterocycles. The summed E-state index contributed by atoms with van der Waals surface area (Å²) < 4.78 is 24.3. The van der Waals surface area contributed by atoms with Gasteiger partial charge in [0.05, 0.1) is 0 Å². The Kier molecular flexibility index (Phi) is 6.40. The molecule has 5 aromatic carbocycles. The molecule has 0 amide bonds. The van der Waals surface area contributed by atoms with Crippen molar-refractivity contribution in [1.29, 1.82) is 0 Å². The van der Waals surface area contributed by atoms with E-state index in [-0.39, 0.29) is 0 Å². The average molecular weight is 447 g/mol. The lowest BCUT2D eigenvalue weighted by molar-refractivity contribution is 0.407. The molecule has 0 heterocycles. The zero-order valence-electron chi connectivity index (χ0n) is 18.3. The van der Waals surface area contributed by atoms with Crippen molar-refractivity contribution in [2.24, 2.45) is 0 Å². The predicted molar refractivity (Wildman–Crippen MR) is 133 cm³/mol. The number of benzene rings is 5. The van der Waals surface area contributed by atoms with E-state index >= 15 is 0 Å². The Labute approximate surface area is 198 Å². The zero-order valence-corrected chi connectivity index (χ0v) is 18.3. The largest absolute Gasteiger partial charge is 0.453 e. The van der Waals surface area contributed by atoms with Gasteiger partial charge in [0, 0.05) is 6.07 Å². The van der Waals surface area contributed by atoms with E-state index in [1.165, 1.54) is 0 Å². The first-order valence-electron chi connectivity index (χ1n) is 10.9. The summed E-state index contributed by atoms with van der Waals surface area (Å²) >= 11 is 0. The van der Waals surface area contributed by atoms with Gasteiger partial charge in [0.2, 0.25) is 0 Å². The SMILES string of the molecule is c1ccc(Oc2ccccc2Oc2cccc(Oc3ccccc3Oc3ccccc3)c2)cc1. The van der Waals surface area contributed by atoms with Crippen LogP contribution in [-0.2, 0) is 0 Å². The molecule has 0 atom stereocenters. The van der Waals surface area contributed by atoms with E-state index < -0.39 is 0 Å². The molecule has 0 radical (unpaired) electrons. The monoisotopic (exact) mass is 446 g/mol. The van der Waals surface area contributed by atoms with E-state index in [2.05, 4.69) is 0 Å². The Balaban J connectivity index is 1.34.